The van der Waals surface area contributed by atoms with Gasteiger partial charge in [-0.15, -0.1) is 11.8 Å². The van der Waals surface area contributed by atoms with Crippen LogP contribution in [0, 0.1) is 5.82 Å². The summed E-state index contributed by atoms with van der Waals surface area (Å²) in [5.74, 6) is -0.483. The second-order valence-corrected chi connectivity index (χ2v) is 6.63. The van der Waals surface area contributed by atoms with Gasteiger partial charge >= 0.3 is 5.97 Å². The first-order valence-corrected chi connectivity index (χ1v) is 8.14. The monoisotopic (exact) mass is 313 g/mol. The Balaban J connectivity index is 2.74. The first-order chi connectivity index (χ1) is 9.92. The van der Waals surface area contributed by atoms with Crippen molar-refractivity contribution in [1.82, 2.24) is 5.32 Å². The lowest BCUT2D eigenvalue weighted by molar-refractivity contribution is -0.150. The van der Waals surface area contributed by atoms with Gasteiger partial charge in [0.2, 0.25) is 0 Å². The zero-order valence-electron chi connectivity index (χ0n) is 13.1. The molecule has 1 aromatic rings. The number of hydrogen-bond acceptors (Lipinski definition) is 4. The van der Waals surface area contributed by atoms with Gasteiger partial charge in [-0.2, -0.15) is 0 Å². The average molecular weight is 313 g/mol. The van der Waals surface area contributed by atoms with Crippen LogP contribution in [0.5, 0.6) is 0 Å². The molecule has 0 fully saturated rings. The van der Waals surface area contributed by atoms with Crippen molar-refractivity contribution in [2.75, 3.05) is 13.2 Å². The summed E-state index contributed by atoms with van der Waals surface area (Å²) in [7, 11) is 0. The smallest absolute Gasteiger partial charge is 0.326 e. The van der Waals surface area contributed by atoms with Gasteiger partial charge in [-0.1, -0.05) is 26.0 Å². The molecular weight excluding hydrogens is 289 g/mol. The molecule has 0 amide bonds. The molecule has 0 aliphatic heterocycles. The van der Waals surface area contributed by atoms with Crippen LogP contribution < -0.4 is 5.32 Å². The summed E-state index contributed by atoms with van der Waals surface area (Å²) >= 11 is 1.44. The Morgan fingerprint density at radius 1 is 1.43 bits per heavy atom. The molecule has 5 heteroatoms. The number of likely N-dealkylation sites (N-methyl/N-ethyl adjacent to an activating group) is 1. The first-order valence-electron chi connectivity index (χ1n) is 7.26. The highest BCUT2D eigenvalue weighted by molar-refractivity contribution is 8.00. The number of hydrogen-bond donors (Lipinski definition) is 1. The summed E-state index contributed by atoms with van der Waals surface area (Å²) in [6, 6.07) is 6.69. The fraction of sp³-hybridized carbons (Fsp3) is 0.562. The maximum Gasteiger partial charge on any atom is 0.326 e. The van der Waals surface area contributed by atoms with Crippen molar-refractivity contribution in [2.24, 2.45) is 0 Å². The Hall–Kier alpha value is -1.07. The number of thioether (sulfide) groups is 1. The van der Waals surface area contributed by atoms with Gasteiger partial charge in [-0.3, -0.25) is 4.79 Å². The maximum atomic E-state index is 13.7. The van der Waals surface area contributed by atoms with E-state index in [1.807, 2.05) is 26.8 Å². The summed E-state index contributed by atoms with van der Waals surface area (Å²) in [6.07, 6.45) is 0.568. The van der Waals surface area contributed by atoms with Crippen LogP contribution in [-0.2, 0) is 9.53 Å². The van der Waals surface area contributed by atoms with Crippen LogP contribution >= 0.6 is 11.8 Å². The molecular formula is C16H24FNO2S. The quantitative estimate of drug-likeness (QED) is 0.587. The number of carbonyl (C=O) groups excluding carboxylic acids is 1. The van der Waals surface area contributed by atoms with Crippen LogP contribution in [0.3, 0.4) is 0 Å². The SMILES string of the molecule is CCNC(C)(CC(C)Sc1ccccc1F)C(=O)OCC. The van der Waals surface area contributed by atoms with E-state index >= 15 is 0 Å². The molecule has 0 aliphatic carbocycles. The van der Waals surface area contributed by atoms with E-state index in [0.717, 1.165) is 0 Å². The number of ether oxygens (including phenoxy) is 1. The second kappa shape index (κ2) is 8.39. The van der Waals surface area contributed by atoms with E-state index in [2.05, 4.69) is 5.32 Å². The first kappa shape index (κ1) is 18.0. The molecule has 0 aliphatic rings. The highest BCUT2D eigenvalue weighted by atomic mass is 32.2. The minimum absolute atomic E-state index is 0.0790. The number of nitrogens with one attached hydrogen (secondary N) is 1. The molecule has 2 atom stereocenters. The van der Waals surface area contributed by atoms with Gasteiger partial charge in [-0.25, -0.2) is 4.39 Å². The van der Waals surface area contributed by atoms with Gasteiger partial charge in [0.1, 0.15) is 11.4 Å². The van der Waals surface area contributed by atoms with Crippen molar-refractivity contribution < 1.29 is 13.9 Å². The Morgan fingerprint density at radius 2 is 2.10 bits per heavy atom. The Morgan fingerprint density at radius 3 is 2.67 bits per heavy atom. The molecule has 0 saturated heterocycles. The fourth-order valence-corrected chi connectivity index (χ4v) is 3.47. The van der Waals surface area contributed by atoms with E-state index in [1.165, 1.54) is 17.8 Å². The van der Waals surface area contributed by atoms with Crippen molar-refractivity contribution >= 4 is 17.7 Å². The van der Waals surface area contributed by atoms with Crippen LogP contribution in [0.2, 0.25) is 0 Å². The van der Waals surface area contributed by atoms with Crippen LogP contribution in [0.4, 0.5) is 4.39 Å². The van der Waals surface area contributed by atoms with Crippen LogP contribution in [0.25, 0.3) is 0 Å². The zero-order valence-corrected chi connectivity index (χ0v) is 13.9. The maximum absolute atomic E-state index is 13.7. The number of benzene rings is 1. The summed E-state index contributed by atoms with van der Waals surface area (Å²) in [5.41, 5.74) is -0.748. The number of esters is 1. The molecule has 3 nitrogen and oxygen atoms in total. The molecule has 0 saturated carbocycles. The van der Waals surface area contributed by atoms with Crippen molar-refractivity contribution in [3.8, 4) is 0 Å². The summed E-state index contributed by atoms with van der Waals surface area (Å²) in [5, 5.41) is 3.27. The van der Waals surface area contributed by atoms with Crippen LogP contribution in [0.15, 0.2) is 29.2 Å². The van der Waals surface area contributed by atoms with E-state index in [9.17, 15) is 9.18 Å². The van der Waals surface area contributed by atoms with Crippen molar-refractivity contribution in [3.63, 3.8) is 0 Å². The van der Waals surface area contributed by atoms with Gasteiger partial charge in [0.05, 0.1) is 6.61 Å². The topological polar surface area (TPSA) is 38.3 Å². The third-order valence-corrected chi connectivity index (χ3v) is 4.31. The molecule has 1 aromatic carbocycles. The van der Waals surface area contributed by atoms with Crippen molar-refractivity contribution in [3.05, 3.63) is 30.1 Å². The van der Waals surface area contributed by atoms with E-state index < -0.39 is 5.54 Å². The lowest BCUT2D eigenvalue weighted by atomic mass is 9.96. The molecule has 0 radical (unpaired) electrons. The average Bonchev–Trinajstić information content (AvgIpc) is 2.41. The van der Waals surface area contributed by atoms with Crippen molar-refractivity contribution in [1.29, 1.82) is 0 Å². The molecule has 1 rings (SSSR count). The Labute approximate surface area is 130 Å². The molecule has 21 heavy (non-hydrogen) atoms. The molecule has 0 aromatic heterocycles. The largest absolute Gasteiger partial charge is 0.465 e. The number of rotatable bonds is 8. The van der Waals surface area contributed by atoms with Gasteiger partial charge < -0.3 is 10.1 Å². The molecule has 0 spiro atoms. The summed E-state index contributed by atoms with van der Waals surface area (Å²) < 4.78 is 18.8. The van der Waals surface area contributed by atoms with E-state index in [4.69, 9.17) is 4.74 Å². The zero-order chi connectivity index (χ0) is 15.9. The van der Waals surface area contributed by atoms with E-state index in [-0.39, 0.29) is 17.0 Å². The number of halogens is 1. The Kier molecular flexibility index (Phi) is 7.18. The third kappa shape index (κ3) is 5.32. The lowest BCUT2D eigenvalue weighted by Gasteiger charge is -2.30. The molecule has 0 bridgehead atoms. The minimum Gasteiger partial charge on any atom is -0.465 e. The molecule has 118 valence electrons. The predicted molar refractivity (Wildman–Crippen MR) is 85.1 cm³/mol. The minimum atomic E-state index is -0.748. The summed E-state index contributed by atoms with van der Waals surface area (Å²) in [4.78, 5) is 12.7. The Bertz CT molecular complexity index is 469. The van der Waals surface area contributed by atoms with E-state index in [1.54, 1.807) is 19.1 Å². The van der Waals surface area contributed by atoms with Gasteiger partial charge in [0, 0.05) is 10.1 Å². The number of carbonyl (C=O) groups is 1. The van der Waals surface area contributed by atoms with Gasteiger partial charge in [-0.05, 0) is 38.9 Å². The highest BCUT2D eigenvalue weighted by Gasteiger charge is 2.35. The van der Waals surface area contributed by atoms with Crippen LogP contribution in [-0.4, -0.2) is 29.9 Å². The van der Waals surface area contributed by atoms with E-state index in [0.29, 0.717) is 24.5 Å². The summed E-state index contributed by atoms with van der Waals surface area (Å²) in [6.45, 7) is 8.60. The normalized spacial score (nSPS) is 15.3. The lowest BCUT2D eigenvalue weighted by Crippen LogP contribution is -2.51. The highest BCUT2D eigenvalue weighted by Crippen LogP contribution is 2.30. The molecule has 2 unspecified atom stereocenters. The van der Waals surface area contributed by atoms with Crippen molar-refractivity contribution in [2.45, 2.75) is 49.8 Å². The predicted octanol–water partition coefficient (Wildman–Crippen LogP) is 3.63. The third-order valence-electron chi connectivity index (χ3n) is 3.15. The van der Waals surface area contributed by atoms with Gasteiger partial charge in [0.15, 0.2) is 0 Å². The molecule has 1 N–H and O–H groups in total. The standard InChI is InChI=1S/C16H24FNO2S/c1-5-18-16(4,15(19)20-6-2)11-12(3)21-14-10-8-7-9-13(14)17/h7-10,12,18H,5-6,11H2,1-4H3. The van der Waals surface area contributed by atoms with Crippen LogP contribution in [0.1, 0.15) is 34.1 Å². The molecule has 0 heterocycles. The van der Waals surface area contributed by atoms with Gasteiger partial charge in [0.25, 0.3) is 0 Å². The fourth-order valence-electron chi connectivity index (χ4n) is 2.28. The second-order valence-electron chi connectivity index (χ2n) is 5.15.